The van der Waals surface area contributed by atoms with E-state index in [-0.39, 0.29) is 17.8 Å². The Hall–Kier alpha value is -1.73. The summed E-state index contributed by atoms with van der Waals surface area (Å²) in [5.41, 5.74) is 6.61. The molecule has 110 valence electrons. The summed E-state index contributed by atoms with van der Waals surface area (Å²) in [4.78, 5) is 17.1. The second-order valence-corrected chi connectivity index (χ2v) is 5.02. The molecule has 7 nitrogen and oxygen atoms in total. The van der Waals surface area contributed by atoms with Gasteiger partial charge in [-0.3, -0.25) is 10.1 Å². The molecule has 1 aromatic rings. The average molecular weight is 280 g/mol. The number of hydrogen-bond acceptors (Lipinski definition) is 6. The lowest BCUT2D eigenvalue weighted by atomic mass is 9.99. The molecule has 0 amide bonds. The molecule has 2 N–H and O–H groups in total. The Kier molecular flexibility index (Phi) is 4.51. The SMILES string of the molecule is COC1CCN(c2nc(C)ccc2[N+](=O)[O-])C(CN)C1. The zero-order valence-corrected chi connectivity index (χ0v) is 11.8. The summed E-state index contributed by atoms with van der Waals surface area (Å²) in [6, 6.07) is 3.18. The van der Waals surface area contributed by atoms with Gasteiger partial charge in [-0.2, -0.15) is 0 Å². The van der Waals surface area contributed by atoms with E-state index in [0.29, 0.717) is 18.9 Å². The summed E-state index contributed by atoms with van der Waals surface area (Å²) in [6.45, 7) is 2.91. The van der Waals surface area contributed by atoms with Crippen molar-refractivity contribution in [2.45, 2.75) is 31.9 Å². The Morgan fingerprint density at radius 2 is 2.35 bits per heavy atom. The summed E-state index contributed by atoms with van der Waals surface area (Å²) in [5.74, 6) is 0.417. The summed E-state index contributed by atoms with van der Waals surface area (Å²) in [7, 11) is 1.68. The smallest absolute Gasteiger partial charge is 0.311 e. The predicted octanol–water partition coefficient (Wildman–Crippen LogP) is 1.24. The topological polar surface area (TPSA) is 94.5 Å². The molecule has 20 heavy (non-hydrogen) atoms. The van der Waals surface area contributed by atoms with E-state index in [1.165, 1.54) is 6.07 Å². The van der Waals surface area contributed by atoms with E-state index in [2.05, 4.69) is 4.98 Å². The lowest BCUT2D eigenvalue weighted by molar-refractivity contribution is -0.384. The number of anilines is 1. The fourth-order valence-corrected chi connectivity index (χ4v) is 2.62. The Labute approximate surface area is 117 Å². The van der Waals surface area contributed by atoms with Crippen molar-refractivity contribution in [2.75, 3.05) is 25.1 Å². The largest absolute Gasteiger partial charge is 0.381 e. The summed E-state index contributed by atoms with van der Waals surface area (Å²) in [6.07, 6.45) is 1.74. The van der Waals surface area contributed by atoms with Crippen LogP contribution >= 0.6 is 0 Å². The standard InChI is InChI=1S/C13H20N4O3/c1-9-3-4-12(17(18)19)13(15-9)16-6-5-11(20-2)7-10(16)8-14/h3-4,10-11H,5-8,14H2,1-2H3. The number of nitrogens with two attached hydrogens (primary N) is 1. The molecule has 0 aromatic carbocycles. The van der Waals surface area contributed by atoms with Crippen LogP contribution in [-0.2, 0) is 4.74 Å². The molecule has 0 spiro atoms. The summed E-state index contributed by atoms with van der Waals surface area (Å²) in [5, 5.41) is 11.2. The van der Waals surface area contributed by atoms with Crippen molar-refractivity contribution < 1.29 is 9.66 Å². The van der Waals surface area contributed by atoms with Gasteiger partial charge in [0, 0.05) is 38.0 Å². The number of hydrogen-bond donors (Lipinski definition) is 1. The highest BCUT2D eigenvalue weighted by molar-refractivity contribution is 5.59. The molecule has 0 radical (unpaired) electrons. The number of ether oxygens (including phenoxy) is 1. The van der Waals surface area contributed by atoms with Crippen LogP contribution < -0.4 is 10.6 Å². The van der Waals surface area contributed by atoms with Gasteiger partial charge in [-0.15, -0.1) is 0 Å². The molecule has 2 heterocycles. The van der Waals surface area contributed by atoms with E-state index >= 15 is 0 Å². The number of rotatable bonds is 4. The van der Waals surface area contributed by atoms with E-state index in [0.717, 1.165) is 18.5 Å². The number of methoxy groups -OCH3 is 1. The quantitative estimate of drug-likeness (QED) is 0.658. The van der Waals surface area contributed by atoms with Crippen LogP contribution in [-0.4, -0.2) is 42.3 Å². The molecule has 2 unspecified atom stereocenters. The maximum atomic E-state index is 11.2. The minimum Gasteiger partial charge on any atom is -0.381 e. The minimum atomic E-state index is -0.391. The van der Waals surface area contributed by atoms with Crippen molar-refractivity contribution in [3.8, 4) is 0 Å². The molecule has 1 saturated heterocycles. The zero-order chi connectivity index (χ0) is 14.7. The van der Waals surface area contributed by atoms with Crippen molar-refractivity contribution in [3.05, 3.63) is 27.9 Å². The zero-order valence-electron chi connectivity index (χ0n) is 11.8. The van der Waals surface area contributed by atoms with Crippen LogP contribution in [0.4, 0.5) is 11.5 Å². The van der Waals surface area contributed by atoms with Gasteiger partial charge in [0.05, 0.1) is 11.0 Å². The van der Waals surface area contributed by atoms with Crippen LogP contribution in [0, 0.1) is 17.0 Å². The molecule has 2 rings (SSSR count). The van der Waals surface area contributed by atoms with Crippen molar-refractivity contribution >= 4 is 11.5 Å². The highest BCUT2D eigenvalue weighted by Gasteiger charge is 2.32. The van der Waals surface area contributed by atoms with Crippen LogP contribution in [0.3, 0.4) is 0 Å². The number of aromatic nitrogens is 1. The fourth-order valence-electron chi connectivity index (χ4n) is 2.62. The number of pyridine rings is 1. The van der Waals surface area contributed by atoms with E-state index in [1.807, 2.05) is 11.8 Å². The van der Waals surface area contributed by atoms with Gasteiger partial charge in [-0.1, -0.05) is 0 Å². The monoisotopic (exact) mass is 280 g/mol. The Morgan fingerprint density at radius 1 is 1.60 bits per heavy atom. The predicted molar refractivity (Wildman–Crippen MR) is 75.8 cm³/mol. The van der Waals surface area contributed by atoms with Crippen LogP contribution in [0.5, 0.6) is 0 Å². The molecule has 0 saturated carbocycles. The Balaban J connectivity index is 2.34. The Morgan fingerprint density at radius 3 is 2.95 bits per heavy atom. The van der Waals surface area contributed by atoms with Crippen molar-refractivity contribution in [1.82, 2.24) is 4.98 Å². The maximum Gasteiger partial charge on any atom is 0.311 e. The summed E-state index contributed by atoms with van der Waals surface area (Å²) >= 11 is 0. The van der Waals surface area contributed by atoms with Gasteiger partial charge in [0.25, 0.3) is 0 Å². The molecule has 1 aliphatic rings. The molecule has 1 aliphatic heterocycles. The van der Waals surface area contributed by atoms with Crippen LogP contribution in [0.25, 0.3) is 0 Å². The van der Waals surface area contributed by atoms with E-state index < -0.39 is 4.92 Å². The van der Waals surface area contributed by atoms with E-state index in [4.69, 9.17) is 10.5 Å². The first kappa shape index (κ1) is 14.7. The first-order valence-electron chi connectivity index (χ1n) is 6.68. The molecule has 2 atom stereocenters. The van der Waals surface area contributed by atoms with Crippen LogP contribution in [0.1, 0.15) is 18.5 Å². The second-order valence-electron chi connectivity index (χ2n) is 5.02. The highest BCUT2D eigenvalue weighted by atomic mass is 16.6. The first-order valence-corrected chi connectivity index (χ1v) is 6.68. The minimum absolute atomic E-state index is 0.0155. The lowest BCUT2D eigenvalue weighted by Gasteiger charge is -2.38. The van der Waals surface area contributed by atoms with Gasteiger partial charge in [0.2, 0.25) is 5.82 Å². The van der Waals surface area contributed by atoms with Gasteiger partial charge >= 0.3 is 5.69 Å². The number of aryl methyl sites for hydroxylation is 1. The van der Waals surface area contributed by atoms with Gasteiger partial charge in [0.15, 0.2) is 0 Å². The van der Waals surface area contributed by atoms with Gasteiger partial charge < -0.3 is 15.4 Å². The highest BCUT2D eigenvalue weighted by Crippen LogP contribution is 2.31. The normalized spacial score (nSPS) is 22.9. The second kappa shape index (κ2) is 6.15. The average Bonchev–Trinajstić information content (AvgIpc) is 2.46. The maximum absolute atomic E-state index is 11.2. The van der Waals surface area contributed by atoms with Gasteiger partial charge in [0.1, 0.15) is 0 Å². The van der Waals surface area contributed by atoms with Crippen molar-refractivity contribution in [2.24, 2.45) is 5.73 Å². The molecule has 1 aromatic heterocycles. The number of piperidine rings is 1. The molecule has 1 fully saturated rings. The van der Waals surface area contributed by atoms with Crippen molar-refractivity contribution in [1.29, 1.82) is 0 Å². The molecule has 0 aliphatic carbocycles. The Bertz CT molecular complexity index is 495. The number of nitro groups is 1. The fraction of sp³-hybridized carbons (Fsp3) is 0.615. The lowest BCUT2D eigenvalue weighted by Crippen LogP contribution is -2.49. The van der Waals surface area contributed by atoms with Crippen LogP contribution in [0.15, 0.2) is 12.1 Å². The van der Waals surface area contributed by atoms with Gasteiger partial charge in [-0.25, -0.2) is 4.98 Å². The third-order valence-electron chi connectivity index (χ3n) is 3.74. The third kappa shape index (κ3) is 2.88. The molecule has 7 heteroatoms. The first-order chi connectivity index (χ1) is 9.56. The molecular formula is C13H20N4O3. The van der Waals surface area contributed by atoms with E-state index in [1.54, 1.807) is 13.2 Å². The third-order valence-corrected chi connectivity index (χ3v) is 3.74. The summed E-state index contributed by atoms with van der Waals surface area (Å²) < 4.78 is 5.37. The van der Waals surface area contributed by atoms with Gasteiger partial charge in [-0.05, 0) is 25.8 Å². The number of nitrogens with zero attached hydrogens (tertiary/aromatic N) is 3. The van der Waals surface area contributed by atoms with Crippen LogP contribution in [0.2, 0.25) is 0 Å². The molecular weight excluding hydrogens is 260 g/mol. The van der Waals surface area contributed by atoms with Crippen molar-refractivity contribution in [3.63, 3.8) is 0 Å². The molecule has 0 bridgehead atoms. The van der Waals surface area contributed by atoms with E-state index in [9.17, 15) is 10.1 Å².